The number of esters is 2. The molecule has 1 aliphatic rings. The minimum atomic E-state index is -0.527. The Morgan fingerprint density at radius 1 is 0.793 bits per heavy atom. The summed E-state index contributed by atoms with van der Waals surface area (Å²) in [6, 6.07) is 19.2. The van der Waals surface area contributed by atoms with Crippen molar-refractivity contribution >= 4 is 11.9 Å². The Morgan fingerprint density at radius 2 is 1.24 bits per heavy atom. The van der Waals surface area contributed by atoms with Crippen LogP contribution in [0.3, 0.4) is 0 Å². The molecule has 0 saturated heterocycles. The SMILES string of the molecule is CC1=CCC(C(=O)OC(C)c2ccccc2)C(C(=O)OC(C)c2ccccc2)C1. The van der Waals surface area contributed by atoms with Crippen LogP contribution in [-0.4, -0.2) is 11.9 Å². The molecule has 0 aromatic heterocycles. The van der Waals surface area contributed by atoms with E-state index in [1.165, 1.54) is 0 Å². The van der Waals surface area contributed by atoms with Gasteiger partial charge in [-0.3, -0.25) is 9.59 Å². The largest absolute Gasteiger partial charge is 0.458 e. The number of hydrogen-bond donors (Lipinski definition) is 0. The summed E-state index contributed by atoms with van der Waals surface area (Å²) in [5, 5.41) is 0. The van der Waals surface area contributed by atoms with Gasteiger partial charge in [0.05, 0.1) is 11.8 Å². The highest BCUT2D eigenvalue weighted by Crippen LogP contribution is 2.34. The van der Waals surface area contributed by atoms with Crippen LogP contribution >= 0.6 is 0 Å². The van der Waals surface area contributed by atoms with Crippen molar-refractivity contribution in [3.05, 3.63) is 83.4 Å². The molecule has 0 bridgehead atoms. The van der Waals surface area contributed by atoms with Crippen LogP contribution in [0.1, 0.15) is 56.9 Å². The Bertz CT molecular complexity index is 857. The zero-order valence-corrected chi connectivity index (χ0v) is 17.2. The van der Waals surface area contributed by atoms with Crippen molar-refractivity contribution in [2.24, 2.45) is 11.8 Å². The molecule has 4 atom stereocenters. The Morgan fingerprint density at radius 3 is 1.72 bits per heavy atom. The first-order valence-electron chi connectivity index (χ1n) is 10.1. The van der Waals surface area contributed by atoms with E-state index in [0.717, 1.165) is 16.7 Å². The first-order chi connectivity index (χ1) is 14.0. The van der Waals surface area contributed by atoms with Gasteiger partial charge in [-0.25, -0.2) is 0 Å². The Labute approximate surface area is 172 Å². The van der Waals surface area contributed by atoms with Crippen LogP contribution in [-0.2, 0) is 19.1 Å². The molecule has 152 valence electrons. The summed E-state index contributed by atoms with van der Waals surface area (Å²) in [6.45, 7) is 5.68. The van der Waals surface area contributed by atoms with Crippen molar-refractivity contribution in [1.29, 1.82) is 0 Å². The summed E-state index contributed by atoms with van der Waals surface area (Å²) >= 11 is 0. The third-order valence-corrected chi connectivity index (χ3v) is 5.48. The topological polar surface area (TPSA) is 52.6 Å². The molecule has 2 aromatic carbocycles. The lowest BCUT2D eigenvalue weighted by Crippen LogP contribution is -2.35. The fraction of sp³-hybridized carbons (Fsp3) is 0.360. The minimum absolute atomic E-state index is 0.344. The number of carbonyl (C=O) groups excluding carboxylic acids is 2. The fourth-order valence-electron chi connectivity index (χ4n) is 3.68. The quantitative estimate of drug-likeness (QED) is 0.476. The van der Waals surface area contributed by atoms with Crippen LogP contribution in [0.25, 0.3) is 0 Å². The number of rotatable bonds is 6. The maximum atomic E-state index is 12.9. The van der Waals surface area contributed by atoms with Crippen molar-refractivity contribution in [2.75, 3.05) is 0 Å². The van der Waals surface area contributed by atoms with Crippen LogP contribution in [0, 0.1) is 11.8 Å². The van der Waals surface area contributed by atoms with E-state index in [-0.39, 0.29) is 24.1 Å². The lowest BCUT2D eigenvalue weighted by molar-refractivity contribution is -0.166. The normalized spacial score (nSPS) is 20.9. The summed E-state index contributed by atoms with van der Waals surface area (Å²) in [6.07, 6.45) is 2.29. The first kappa shape index (κ1) is 20.8. The van der Waals surface area contributed by atoms with E-state index < -0.39 is 11.8 Å². The fourth-order valence-corrected chi connectivity index (χ4v) is 3.68. The molecule has 4 unspecified atom stereocenters. The van der Waals surface area contributed by atoms with Crippen molar-refractivity contribution in [2.45, 2.75) is 45.8 Å². The number of hydrogen-bond acceptors (Lipinski definition) is 4. The standard InChI is InChI=1S/C25H28O4/c1-17-14-15-22(24(26)28-18(2)20-10-6-4-7-11-20)23(16-17)25(27)29-19(3)21-12-8-5-9-13-21/h4-14,18-19,22-23H,15-16H2,1-3H3. The van der Waals surface area contributed by atoms with E-state index in [2.05, 4.69) is 0 Å². The van der Waals surface area contributed by atoms with Crippen molar-refractivity contribution in [3.63, 3.8) is 0 Å². The second-order valence-corrected chi connectivity index (χ2v) is 7.68. The van der Waals surface area contributed by atoms with Crippen LogP contribution in [0.15, 0.2) is 72.3 Å². The molecule has 2 aromatic rings. The van der Waals surface area contributed by atoms with Crippen molar-refractivity contribution < 1.29 is 19.1 Å². The van der Waals surface area contributed by atoms with Gasteiger partial charge in [0.15, 0.2) is 0 Å². The van der Waals surface area contributed by atoms with Crippen molar-refractivity contribution in [1.82, 2.24) is 0 Å². The highest BCUT2D eigenvalue weighted by molar-refractivity contribution is 5.83. The average Bonchev–Trinajstić information content (AvgIpc) is 2.74. The third-order valence-electron chi connectivity index (χ3n) is 5.48. The number of carbonyl (C=O) groups is 2. The van der Waals surface area contributed by atoms with Crippen molar-refractivity contribution in [3.8, 4) is 0 Å². The first-order valence-corrected chi connectivity index (χ1v) is 10.1. The summed E-state index contributed by atoms with van der Waals surface area (Å²) in [4.78, 5) is 25.8. The predicted molar refractivity (Wildman–Crippen MR) is 112 cm³/mol. The van der Waals surface area contributed by atoms with Gasteiger partial charge in [-0.05, 0) is 44.7 Å². The van der Waals surface area contributed by atoms with Gasteiger partial charge in [-0.1, -0.05) is 72.3 Å². The minimum Gasteiger partial charge on any atom is -0.458 e. The molecule has 0 aliphatic heterocycles. The van der Waals surface area contributed by atoms with Crippen LogP contribution < -0.4 is 0 Å². The molecule has 0 heterocycles. The monoisotopic (exact) mass is 392 g/mol. The zero-order valence-electron chi connectivity index (χ0n) is 17.2. The summed E-state index contributed by atoms with van der Waals surface area (Å²) < 4.78 is 11.4. The van der Waals surface area contributed by atoms with E-state index in [1.54, 1.807) is 0 Å². The molecule has 29 heavy (non-hydrogen) atoms. The lowest BCUT2D eigenvalue weighted by atomic mass is 9.80. The number of ether oxygens (including phenoxy) is 2. The molecule has 0 saturated carbocycles. The lowest BCUT2D eigenvalue weighted by Gasteiger charge is -2.29. The number of allylic oxidation sites excluding steroid dienone is 2. The molecule has 1 aliphatic carbocycles. The second kappa shape index (κ2) is 9.55. The smallest absolute Gasteiger partial charge is 0.310 e. The Balaban J connectivity index is 1.69. The van der Waals surface area contributed by atoms with Gasteiger partial charge in [0.25, 0.3) is 0 Å². The molecule has 0 N–H and O–H groups in total. The van der Waals surface area contributed by atoms with Gasteiger partial charge in [-0.2, -0.15) is 0 Å². The molecule has 3 rings (SSSR count). The van der Waals surface area contributed by atoms with E-state index in [4.69, 9.17) is 9.47 Å². The maximum absolute atomic E-state index is 12.9. The predicted octanol–water partition coefficient (Wildman–Crippen LogP) is 5.57. The molecule has 0 amide bonds. The Hall–Kier alpha value is -2.88. The molecular formula is C25H28O4. The van der Waals surface area contributed by atoms with Gasteiger partial charge < -0.3 is 9.47 Å². The highest BCUT2D eigenvalue weighted by atomic mass is 16.6. The molecule has 4 heteroatoms. The molecule has 0 radical (unpaired) electrons. The second-order valence-electron chi connectivity index (χ2n) is 7.68. The summed E-state index contributed by atoms with van der Waals surface area (Å²) in [7, 11) is 0. The maximum Gasteiger partial charge on any atom is 0.310 e. The van der Waals surface area contributed by atoms with Gasteiger partial charge >= 0.3 is 11.9 Å². The van der Waals surface area contributed by atoms with E-state index in [9.17, 15) is 9.59 Å². The van der Waals surface area contributed by atoms with Crippen LogP contribution in [0.4, 0.5) is 0 Å². The van der Waals surface area contributed by atoms with E-state index in [0.29, 0.717) is 12.8 Å². The summed E-state index contributed by atoms with van der Waals surface area (Å²) in [5.41, 5.74) is 2.96. The van der Waals surface area contributed by atoms with E-state index >= 15 is 0 Å². The summed E-state index contributed by atoms with van der Waals surface area (Å²) in [5.74, 6) is -1.75. The van der Waals surface area contributed by atoms with Gasteiger partial charge in [-0.15, -0.1) is 0 Å². The van der Waals surface area contributed by atoms with E-state index in [1.807, 2.05) is 87.5 Å². The van der Waals surface area contributed by atoms with Gasteiger partial charge in [0.1, 0.15) is 12.2 Å². The molecule has 4 nitrogen and oxygen atoms in total. The molecule has 0 spiro atoms. The van der Waals surface area contributed by atoms with Crippen LogP contribution in [0.5, 0.6) is 0 Å². The van der Waals surface area contributed by atoms with Gasteiger partial charge in [0, 0.05) is 0 Å². The van der Waals surface area contributed by atoms with Crippen LogP contribution in [0.2, 0.25) is 0 Å². The Kier molecular flexibility index (Phi) is 6.86. The average molecular weight is 392 g/mol. The zero-order chi connectivity index (χ0) is 20.8. The number of benzene rings is 2. The van der Waals surface area contributed by atoms with Gasteiger partial charge in [0.2, 0.25) is 0 Å². The molecule has 0 fully saturated rings. The third kappa shape index (κ3) is 5.35. The molecular weight excluding hydrogens is 364 g/mol. The highest BCUT2D eigenvalue weighted by Gasteiger charge is 2.39.